The maximum absolute atomic E-state index is 12.1. The SMILES string of the molecule is CC(=O)C(/N=N/c1ccccc1)C(=O)Nc1[c]cc[c]c1. The van der Waals surface area contributed by atoms with E-state index in [0.29, 0.717) is 11.4 Å². The highest BCUT2D eigenvalue weighted by molar-refractivity contribution is 6.10. The molecule has 0 aliphatic carbocycles. The normalized spacial score (nSPS) is 12.0. The number of benzene rings is 2. The van der Waals surface area contributed by atoms with Gasteiger partial charge in [-0.15, -0.1) is 0 Å². The fraction of sp³-hybridized carbons (Fsp3) is 0.125. The molecule has 2 aromatic rings. The summed E-state index contributed by atoms with van der Waals surface area (Å²) in [4.78, 5) is 23.6. The molecule has 104 valence electrons. The number of hydrogen-bond acceptors (Lipinski definition) is 4. The predicted octanol–water partition coefficient (Wildman–Crippen LogP) is 2.97. The highest BCUT2D eigenvalue weighted by Crippen LogP contribution is 2.12. The highest BCUT2D eigenvalue weighted by Gasteiger charge is 2.23. The van der Waals surface area contributed by atoms with Gasteiger partial charge < -0.3 is 5.32 Å². The van der Waals surface area contributed by atoms with Gasteiger partial charge in [-0.3, -0.25) is 9.59 Å². The molecule has 1 unspecified atom stereocenters. The van der Waals surface area contributed by atoms with Crippen molar-refractivity contribution in [2.45, 2.75) is 13.0 Å². The molecule has 5 heteroatoms. The number of rotatable bonds is 5. The maximum atomic E-state index is 12.1. The predicted molar refractivity (Wildman–Crippen MR) is 78.2 cm³/mol. The van der Waals surface area contributed by atoms with Crippen LogP contribution in [0.2, 0.25) is 0 Å². The minimum atomic E-state index is -1.18. The van der Waals surface area contributed by atoms with Gasteiger partial charge in [0.15, 0.2) is 5.78 Å². The van der Waals surface area contributed by atoms with Crippen molar-refractivity contribution in [3.8, 4) is 0 Å². The van der Waals surface area contributed by atoms with Crippen LogP contribution < -0.4 is 5.32 Å². The van der Waals surface area contributed by atoms with Crippen molar-refractivity contribution < 1.29 is 9.59 Å². The van der Waals surface area contributed by atoms with E-state index in [1.54, 1.807) is 42.5 Å². The first-order valence-corrected chi connectivity index (χ1v) is 6.32. The Morgan fingerprint density at radius 2 is 1.95 bits per heavy atom. The average Bonchev–Trinajstić information content (AvgIpc) is 2.49. The Labute approximate surface area is 122 Å². The zero-order chi connectivity index (χ0) is 15.1. The number of hydrogen-bond donors (Lipinski definition) is 1. The van der Waals surface area contributed by atoms with Crippen molar-refractivity contribution in [2.24, 2.45) is 10.2 Å². The van der Waals surface area contributed by atoms with Crippen LogP contribution in [0.5, 0.6) is 0 Å². The third-order valence-electron chi connectivity index (χ3n) is 2.58. The van der Waals surface area contributed by atoms with Gasteiger partial charge in [0.2, 0.25) is 6.04 Å². The smallest absolute Gasteiger partial charge is 0.258 e. The molecular weight excluding hydrogens is 266 g/mol. The number of amides is 1. The second kappa shape index (κ2) is 7.09. The van der Waals surface area contributed by atoms with Crippen LogP contribution in [0, 0.1) is 12.1 Å². The standard InChI is InChI=1S/C16H13N3O2/c1-12(20)15(19-18-14-10-6-3-7-11-14)16(21)17-13-8-4-2-5-9-13/h2-4,6-7,9-11,15H,1H3,(H,17,21)/b19-18+. The number of Topliss-reactive ketones (excluding diaryl/α,β-unsaturated/α-hetero) is 1. The van der Waals surface area contributed by atoms with Gasteiger partial charge in [0.1, 0.15) is 0 Å². The molecule has 0 saturated heterocycles. The summed E-state index contributed by atoms with van der Waals surface area (Å²) in [6.45, 7) is 1.30. The summed E-state index contributed by atoms with van der Waals surface area (Å²) in [6, 6.07) is 18.2. The van der Waals surface area contributed by atoms with Crippen molar-refractivity contribution in [2.75, 3.05) is 5.32 Å². The van der Waals surface area contributed by atoms with Crippen LogP contribution in [-0.4, -0.2) is 17.7 Å². The number of anilines is 1. The lowest BCUT2D eigenvalue weighted by molar-refractivity contribution is -0.126. The fourth-order valence-corrected chi connectivity index (χ4v) is 1.56. The highest BCUT2D eigenvalue weighted by atomic mass is 16.2. The summed E-state index contributed by atoms with van der Waals surface area (Å²) < 4.78 is 0. The summed E-state index contributed by atoms with van der Waals surface area (Å²) in [7, 11) is 0. The number of carbonyl (C=O) groups is 2. The summed E-state index contributed by atoms with van der Waals surface area (Å²) in [5, 5.41) is 10.3. The maximum Gasteiger partial charge on any atom is 0.258 e. The first-order chi connectivity index (χ1) is 10.2. The molecule has 0 aliphatic heterocycles. The average molecular weight is 279 g/mol. The zero-order valence-electron chi connectivity index (χ0n) is 11.4. The summed E-state index contributed by atoms with van der Waals surface area (Å²) in [5.74, 6) is -0.926. The van der Waals surface area contributed by atoms with E-state index >= 15 is 0 Å². The van der Waals surface area contributed by atoms with Crippen molar-refractivity contribution >= 4 is 23.1 Å². The Bertz CT molecular complexity index is 639. The fourth-order valence-electron chi connectivity index (χ4n) is 1.56. The lowest BCUT2D eigenvalue weighted by atomic mass is 10.2. The molecule has 0 aromatic heterocycles. The number of nitrogens with one attached hydrogen (secondary N) is 1. The Morgan fingerprint density at radius 1 is 1.19 bits per heavy atom. The second-order valence-electron chi connectivity index (χ2n) is 4.26. The van der Waals surface area contributed by atoms with E-state index in [2.05, 4.69) is 27.7 Å². The van der Waals surface area contributed by atoms with Crippen LogP contribution in [0.25, 0.3) is 0 Å². The minimum Gasteiger partial charge on any atom is -0.323 e. The number of azo groups is 1. The molecule has 2 rings (SSSR count). The second-order valence-corrected chi connectivity index (χ2v) is 4.26. The molecule has 0 spiro atoms. The zero-order valence-corrected chi connectivity index (χ0v) is 11.4. The van der Waals surface area contributed by atoms with Crippen molar-refractivity contribution in [1.82, 2.24) is 0 Å². The van der Waals surface area contributed by atoms with Gasteiger partial charge in [0, 0.05) is 11.8 Å². The molecule has 2 aromatic carbocycles. The molecule has 0 fully saturated rings. The van der Waals surface area contributed by atoms with Gasteiger partial charge >= 0.3 is 0 Å². The van der Waals surface area contributed by atoms with Crippen LogP contribution in [0.4, 0.5) is 11.4 Å². The Kier molecular flexibility index (Phi) is 4.93. The Morgan fingerprint density at radius 3 is 2.57 bits per heavy atom. The third kappa shape index (κ3) is 4.35. The Balaban J connectivity index is 2.10. The van der Waals surface area contributed by atoms with Crippen LogP contribution in [0.3, 0.4) is 0 Å². The molecule has 0 bridgehead atoms. The van der Waals surface area contributed by atoms with E-state index in [9.17, 15) is 9.59 Å². The molecule has 1 N–H and O–H groups in total. The van der Waals surface area contributed by atoms with Gasteiger partial charge in [-0.1, -0.05) is 30.3 Å². The molecule has 5 nitrogen and oxygen atoms in total. The van der Waals surface area contributed by atoms with Crippen molar-refractivity contribution in [1.29, 1.82) is 0 Å². The first kappa shape index (κ1) is 14.6. The van der Waals surface area contributed by atoms with Crippen molar-refractivity contribution in [3.05, 3.63) is 60.7 Å². The van der Waals surface area contributed by atoms with E-state index in [0.717, 1.165) is 0 Å². The van der Waals surface area contributed by atoms with E-state index in [1.165, 1.54) is 6.92 Å². The van der Waals surface area contributed by atoms with Crippen molar-refractivity contribution in [3.63, 3.8) is 0 Å². The van der Waals surface area contributed by atoms with Crippen LogP contribution in [-0.2, 0) is 9.59 Å². The molecular formula is C16H13N3O2. The van der Waals surface area contributed by atoms with Gasteiger partial charge in [0.05, 0.1) is 5.69 Å². The minimum absolute atomic E-state index is 0.382. The first-order valence-electron chi connectivity index (χ1n) is 6.32. The third-order valence-corrected chi connectivity index (χ3v) is 2.58. The molecule has 0 aliphatic rings. The van der Waals surface area contributed by atoms with Gasteiger partial charge in [0.25, 0.3) is 5.91 Å². The van der Waals surface area contributed by atoms with Crippen LogP contribution in [0.15, 0.2) is 58.8 Å². The summed E-state index contributed by atoms with van der Waals surface area (Å²) in [5.41, 5.74) is 1.01. The lowest BCUT2D eigenvalue weighted by Crippen LogP contribution is -2.31. The molecule has 1 atom stereocenters. The summed E-state index contributed by atoms with van der Waals surface area (Å²) in [6.07, 6.45) is 0. The molecule has 21 heavy (non-hydrogen) atoms. The lowest BCUT2D eigenvalue weighted by Gasteiger charge is -2.08. The molecule has 0 heterocycles. The van der Waals surface area contributed by atoms with Gasteiger partial charge in [-0.2, -0.15) is 10.2 Å². The van der Waals surface area contributed by atoms with E-state index in [4.69, 9.17) is 0 Å². The Hall–Kier alpha value is -2.82. The van der Waals surface area contributed by atoms with E-state index in [-0.39, 0.29) is 5.78 Å². The number of ketones is 1. The van der Waals surface area contributed by atoms with Gasteiger partial charge in [-0.25, -0.2) is 0 Å². The van der Waals surface area contributed by atoms with Crippen LogP contribution >= 0.6 is 0 Å². The molecule has 2 radical (unpaired) electrons. The molecule has 0 saturated carbocycles. The molecule has 1 amide bonds. The quantitative estimate of drug-likeness (QED) is 0.675. The number of nitrogens with zero attached hydrogens (tertiary/aromatic N) is 2. The monoisotopic (exact) mass is 279 g/mol. The van der Waals surface area contributed by atoms with E-state index in [1.807, 2.05) is 6.07 Å². The number of carbonyl (C=O) groups excluding carboxylic acids is 2. The van der Waals surface area contributed by atoms with Gasteiger partial charge in [-0.05, 0) is 31.2 Å². The summed E-state index contributed by atoms with van der Waals surface area (Å²) >= 11 is 0. The topological polar surface area (TPSA) is 70.9 Å². The van der Waals surface area contributed by atoms with E-state index < -0.39 is 11.9 Å². The van der Waals surface area contributed by atoms with Crippen LogP contribution in [0.1, 0.15) is 6.92 Å². The largest absolute Gasteiger partial charge is 0.323 e.